The Hall–Kier alpha value is -2.51. The van der Waals surface area contributed by atoms with Gasteiger partial charge in [-0.3, -0.25) is 9.59 Å². The van der Waals surface area contributed by atoms with Crippen molar-refractivity contribution < 1.29 is 23.8 Å². The van der Waals surface area contributed by atoms with Crippen molar-refractivity contribution >= 4 is 33.4 Å². The normalized spacial score (nSPS) is 18.7. The molecule has 1 heterocycles. The van der Waals surface area contributed by atoms with Crippen molar-refractivity contribution in [1.82, 2.24) is 4.90 Å². The molecule has 1 atom stereocenters. The highest BCUT2D eigenvalue weighted by Gasteiger charge is 2.46. The summed E-state index contributed by atoms with van der Waals surface area (Å²) in [7, 11) is 1.54. The number of aliphatic hydroxyl groups is 1. The first kappa shape index (κ1) is 20.2. The number of benzene rings is 2. The number of carbonyl (C=O) groups is 2. The SMILES string of the molecule is COCCCN1C(=O)C(=O)/C(=C(\O)c2ccc(Br)cc2)C1c1ccccc1F. The zero-order valence-electron chi connectivity index (χ0n) is 15.2. The van der Waals surface area contributed by atoms with Crippen molar-refractivity contribution in [2.24, 2.45) is 0 Å². The van der Waals surface area contributed by atoms with Crippen LogP contribution in [0.5, 0.6) is 0 Å². The average Bonchev–Trinajstić information content (AvgIpc) is 2.93. The fraction of sp³-hybridized carbons (Fsp3) is 0.238. The zero-order chi connectivity index (χ0) is 20.3. The van der Waals surface area contributed by atoms with E-state index in [2.05, 4.69) is 15.9 Å². The lowest BCUT2D eigenvalue weighted by atomic mass is 9.95. The number of ketones is 1. The summed E-state index contributed by atoms with van der Waals surface area (Å²) < 4.78 is 20.4. The summed E-state index contributed by atoms with van der Waals surface area (Å²) in [5.74, 6) is -2.46. The number of aliphatic hydroxyl groups excluding tert-OH is 1. The van der Waals surface area contributed by atoms with E-state index >= 15 is 0 Å². The quantitative estimate of drug-likeness (QED) is 0.314. The van der Waals surface area contributed by atoms with Gasteiger partial charge in [-0.25, -0.2) is 4.39 Å². The van der Waals surface area contributed by atoms with Gasteiger partial charge < -0.3 is 14.7 Å². The standard InChI is InChI=1S/C21H19BrFNO4/c1-28-12-4-11-24-18(15-5-2-3-6-16(15)23)17(20(26)21(24)27)19(25)13-7-9-14(22)10-8-13/h2-3,5-10,18,25H,4,11-12H2,1H3/b19-17-. The van der Waals surface area contributed by atoms with Gasteiger partial charge in [-0.1, -0.05) is 46.3 Å². The average molecular weight is 448 g/mol. The lowest BCUT2D eigenvalue weighted by Gasteiger charge is -2.25. The van der Waals surface area contributed by atoms with Crippen LogP contribution in [0.25, 0.3) is 5.76 Å². The predicted octanol–water partition coefficient (Wildman–Crippen LogP) is 4.05. The molecule has 0 radical (unpaired) electrons. The van der Waals surface area contributed by atoms with Gasteiger partial charge in [0.05, 0.1) is 11.6 Å². The van der Waals surface area contributed by atoms with Gasteiger partial charge in [-0.15, -0.1) is 0 Å². The third-order valence-electron chi connectivity index (χ3n) is 4.60. The maximum atomic E-state index is 14.6. The molecular weight excluding hydrogens is 429 g/mol. The molecule has 1 aliphatic heterocycles. The van der Waals surface area contributed by atoms with Crippen LogP contribution in [0.4, 0.5) is 4.39 Å². The fourth-order valence-electron chi connectivity index (χ4n) is 3.27. The van der Waals surface area contributed by atoms with Crippen molar-refractivity contribution in [1.29, 1.82) is 0 Å². The molecule has 1 amide bonds. The Morgan fingerprint density at radius 3 is 2.50 bits per heavy atom. The summed E-state index contributed by atoms with van der Waals surface area (Å²) in [6.07, 6.45) is 0.479. The Kier molecular flexibility index (Phi) is 6.26. The van der Waals surface area contributed by atoms with Gasteiger partial charge in [-0.05, 0) is 24.6 Å². The molecule has 0 spiro atoms. The number of Topliss-reactive ketones (excluding diaryl/α,β-unsaturated/α-hetero) is 1. The second-order valence-electron chi connectivity index (χ2n) is 6.37. The number of hydrogen-bond acceptors (Lipinski definition) is 4. The van der Waals surface area contributed by atoms with Crippen LogP contribution in [0.2, 0.25) is 0 Å². The molecule has 0 aliphatic carbocycles. The topological polar surface area (TPSA) is 66.8 Å². The Bertz CT molecular complexity index is 926. The number of amides is 1. The minimum absolute atomic E-state index is 0.116. The summed E-state index contributed by atoms with van der Waals surface area (Å²) >= 11 is 3.31. The number of likely N-dealkylation sites (tertiary alicyclic amines) is 1. The van der Waals surface area contributed by atoms with Crippen molar-refractivity contribution in [2.75, 3.05) is 20.3 Å². The molecule has 1 aliphatic rings. The number of rotatable bonds is 6. The highest BCUT2D eigenvalue weighted by Crippen LogP contribution is 2.40. The van der Waals surface area contributed by atoms with Crippen molar-refractivity contribution in [2.45, 2.75) is 12.5 Å². The van der Waals surface area contributed by atoms with E-state index in [0.717, 1.165) is 4.47 Å². The van der Waals surface area contributed by atoms with Crippen molar-refractivity contribution in [3.8, 4) is 0 Å². The Morgan fingerprint density at radius 1 is 1.18 bits per heavy atom. The van der Waals surface area contributed by atoms with E-state index < -0.39 is 23.5 Å². The first-order valence-electron chi connectivity index (χ1n) is 8.73. The molecule has 146 valence electrons. The number of hydrogen-bond donors (Lipinski definition) is 1. The maximum absolute atomic E-state index is 14.6. The van der Waals surface area contributed by atoms with Gasteiger partial charge in [-0.2, -0.15) is 0 Å². The summed E-state index contributed by atoms with van der Waals surface area (Å²) in [4.78, 5) is 26.7. The fourth-order valence-corrected chi connectivity index (χ4v) is 3.54. The molecule has 2 aromatic carbocycles. The van der Waals surface area contributed by atoms with Gasteiger partial charge >= 0.3 is 0 Å². The molecule has 1 saturated heterocycles. The van der Waals surface area contributed by atoms with Gasteiger partial charge in [0.25, 0.3) is 11.7 Å². The van der Waals surface area contributed by atoms with Gasteiger partial charge in [0.1, 0.15) is 11.6 Å². The summed E-state index contributed by atoms with van der Waals surface area (Å²) in [5, 5.41) is 10.8. The molecule has 0 saturated carbocycles. The first-order valence-corrected chi connectivity index (χ1v) is 9.52. The minimum atomic E-state index is -0.998. The number of methoxy groups -OCH3 is 1. The maximum Gasteiger partial charge on any atom is 0.295 e. The Balaban J connectivity index is 2.14. The van der Waals surface area contributed by atoms with Crippen LogP contribution in [0, 0.1) is 5.82 Å². The molecule has 0 bridgehead atoms. The van der Waals surface area contributed by atoms with Crippen LogP contribution in [0.3, 0.4) is 0 Å². The molecule has 1 N–H and O–H groups in total. The van der Waals surface area contributed by atoms with E-state index in [0.29, 0.717) is 18.6 Å². The number of carbonyl (C=O) groups excluding carboxylic acids is 2. The largest absolute Gasteiger partial charge is 0.507 e. The van der Waals surface area contributed by atoms with Crippen LogP contribution in [0.15, 0.2) is 58.6 Å². The van der Waals surface area contributed by atoms with E-state index in [1.807, 2.05) is 0 Å². The number of nitrogens with zero attached hydrogens (tertiary/aromatic N) is 1. The van der Waals surface area contributed by atoms with E-state index in [4.69, 9.17) is 4.74 Å². The highest BCUT2D eigenvalue weighted by atomic mass is 79.9. The smallest absolute Gasteiger partial charge is 0.295 e. The summed E-state index contributed by atoms with van der Waals surface area (Å²) in [5.41, 5.74) is 0.423. The van der Waals surface area contributed by atoms with E-state index in [-0.39, 0.29) is 23.4 Å². The second-order valence-corrected chi connectivity index (χ2v) is 7.28. The molecule has 2 aromatic rings. The Morgan fingerprint density at radius 2 is 1.86 bits per heavy atom. The Labute approximate surface area is 170 Å². The molecule has 1 fully saturated rings. The molecule has 5 nitrogen and oxygen atoms in total. The van der Waals surface area contributed by atoms with Crippen LogP contribution >= 0.6 is 15.9 Å². The molecule has 7 heteroatoms. The van der Waals surface area contributed by atoms with Crippen LogP contribution in [0.1, 0.15) is 23.6 Å². The molecule has 28 heavy (non-hydrogen) atoms. The second kappa shape index (κ2) is 8.67. The summed E-state index contributed by atoms with van der Waals surface area (Å²) in [6.45, 7) is 0.592. The van der Waals surface area contributed by atoms with Crippen molar-refractivity contribution in [3.63, 3.8) is 0 Å². The third-order valence-corrected chi connectivity index (χ3v) is 5.13. The number of ether oxygens (including phenoxy) is 1. The molecule has 1 unspecified atom stereocenters. The summed E-state index contributed by atoms with van der Waals surface area (Å²) in [6, 6.07) is 11.6. The van der Waals surface area contributed by atoms with Crippen LogP contribution in [-0.2, 0) is 14.3 Å². The minimum Gasteiger partial charge on any atom is -0.507 e. The van der Waals surface area contributed by atoms with Crippen molar-refractivity contribution in [3.05, 3.63) is 75.5 Å². The predicted molar refractivity (Wildman–Crippen MR) is 106 cm³/mol. The third kappa shape index (κ3) is 3.86. The lowest BCUT2D eigenvalue weighted by Crippen LogP contribution is -2.31. The molecular formula is C21H19BrFNO4. The molecule has 3 rings (SSSR count). The number of halogens is 2. The van der Waals surface area contributed by atoms with E-state index in [1.165, 1.54) is 30.2 Å². The monoisotopic (exact) mass is 447 g/mol. The van der Waals surface area contributed by atoms with Crippen LogP contribution in [-0.4, -0.2) is 42.0 Å². The van der Waals surface area contributed by atoms with E-state index in [9.17, 15) is 19.1 Å². The lowest BCUT2D eigenvalue weighted by molar-refractivity contribution is -0.140. The van der Waals surface area contributed by atoms with Gasteiger partial charge in [0.15, 0.2) is 0 Å². The molecule has 0 aromatic heterocycles. The van der Waals surface area contributed by atoms with Gasteiger partial charge in [0.2, 0.25) is 0 Å². The van der Waals surface area contributed by atoms with E-state index in [1.54, 1.807) is 30.3 Å². The first-order chi connectivity index (χ1) is 13.5. The highest BCUT2D eigenvalue weighted by molar-refractivity contribution is 9.10. The van der Waals surface area contributed by atoms with Crippen LogP contribution < -0.4 is 0 Å². The van der Waals surface area contributed by atoms with Gasteiger partial charge in [0, 0.05) is 35.9 Å². The zero-order valence-corrected chi connectivity index (χ0v) is 16.8.